The normalized spacial score (nSPS) is 12.6. The van der Waals surface area contributed by atoms with Crippen molar-refractivity contribution in [2.45, 2.75) is 32.9 Å². The topological polar surface area (TPSA) is 38.1 Å². The molecule has 1 atom stereocenters. The van der Waals surface area contributed by atoms with Gasteiger partial charge < -0.3 is 9.73 Å². The molecule has 2 aromatic rings. The van der Waals surface area contributed by atoms with Crippen molar-refractivity contribution in [1.82, 2.24) is 10.3 Å². The lowest BCUT2D eigenvalue weighted by molar-refractivity contribution is 0.424. The average molecular weight is 248 g/mol. The van der Waals surface area contributed by atoms with Crippen LogP contribution in [-0.4, -0.2) is 4.98 Å². The van der Waals surface area contributed by atoms with Crippen LogP contribution >= 0.6 is 0 Å². The molecule has 0 amide bonds. The largest absolute Gasteiger partial charge is 0.444 e. The first kappa shape index (κ1) is 12.8. The minimum Gasteiger partial charge on any atom is -0.444 e. The second-order valence-corrected chi connectivity index (χ2v) is 4.23. The van der Waals surface area contributed by atoms with Crippen LogP contribution in [0.5, 0.6) is 0 Å². The van der Waals surface area contributed by atoms with Gasteiger partial charge in [-0.15, -0.1) is 0 Å². The van der Waals surface area contributed by atoms with E-state index in [4.69, 9.17) is 4.42 Å². The Labute approximate surface area is 106 Å². The summed E-state index contributed by atoms with van der Waals surface area (Å²) in [7, 11) is 0. The average Bonchev–Trinajstić information content (AvgIpc) is 2.84. The van der Waals surface area contributed by atoms with Crippen molar-refractivity contribution in [2.24, 2.45) is 0 Å². The van der Waals surface area contributed by atoms with Gasteiger partial charge in [0.1, 0.15) is 11.6 Å². The standard InChI is InChI=1S/C14H17FN2O/c1-3-13-8-17-14(18-13)9-16-10(2)11-5-4-6-12(15)7-11/h4-8,10,16H,3,9H2,1-2H3. The SMILES string of the molecule is CCc1cnc(CNC(C)c2cccc(F)c2)o1. The Kier molecular flexibility index (Phi) is 4.10. The van der Waals surface area contributed by atoms with Crippen molar-refractivity contribution in [2.75, 3.05) is 0 Å². The van der Waals surface area contributed by atoms with Crippen LogP contribution in [0.4, 0.5) is 4.39 Å². The van der Waals surface area contributed by atoms with E-state index in [1.54, 1.807) is 12.3 Å². The maximum atomic E-state index is 13.1. The minimum atomic E-state index is -0.217. The van der Waals surface area contributed by atoms with Crippen LogP contribution in [0.1, 0.15) is 37.1 Å². The third kappa shape index (κ3) is 3.17. The fourth-order valence-corrected chi connectivity index (χ4v) is 1.73. The van der Waals surface area contributed by atoms with Gasteiger partial charge >= 0.3 is 0 Å². The van der Waals surface area contributed by atoms with Crippen molar-refractivity contribution < 1.29 is 8.81 Å². The molecule has 0 saturated heterocycles. The van der Waals surface area contributed by atoms with E-state index < -0.39 is 0 Å². The highest BCUT2D eigenvalue weighted by Gasteiger charge is 2.08. The van der Waals surface area contributed by atoms with Gasteiger partial charge in [-0.1, -0.05) is 19.1 Å². The van der Waals surface area contributed by atoms with Gasteiger partial charge in [-0.05, 0) is 24.6 Å². The summed E-state index contributed by atoms with van der Waals surface area (Å²) >= 11 is 0. The second kappa shape index (κ2) is 5.78. The molecule has 0 aliphatic heterocycles. The summed E-state index contributed by atoms with van der Waals surface area (Å²) in [4.78, 5) is 4.17. The highest BCUT2D eigenvalue weighted by atomic mass is 19.1. The first-order valence-electron chi connectivity index (χ1n) is 6.11. The summed E-state index contributed by atoms with van der Waals surface area (Å²) in [6.07, 6.45) is 2.58. The monoisotopic (exact) mass is 248 g/mol. The van der Waals surface area contributed by atoms with Crippen LogP contribution in [-0.2, 0) is 13.0 Å². The fraction of sp³-hybridized carbons (Fsp3) is 0.357. The highest BCUT2D eigenvalue weighted by Crippen LogP contribution is 2.14. The van der Waals surface area contributed by atoms with Crippen LogP contribution in [0.3, 0.4) is 0 Å². The lowest BCUT2D eigenvalue weighted by Gasteiger charge is -2.12. The van der Waals surface area contributed by atoms with Crippen LogP contribution < -0.4 is 5.32 Å². The molecular weight excluding hydrogens is 231 g/mol. The van der Waals surface area contributed by atoms with Gasteiger partial charge in [-0.25, -0.2) is 9.37 Å². The third-order valence-electron chi connectivity index (χ3n) is 2.86. The number of rotatable bonds is 5. The van der Waals surface area contributed by atoms with Gasteiger partial charge in [0, 0.05) is 12.5 Å². The molecule has 1 aromatic carbocycles. The molecule has 0 radical (unpaired) electrons. The van der Waals surface area contributed by atoms with Crippen molar-refractivity contribution >= 4 is 0 Å². The maximum Gasteiger partial charge on any atom is 0.208 e. The van der Waals surface area contributed by atoms with Crippen molar-refractivity contribution in [3.05, 3.63) is 53.5 Å². The lowest BCUT2D eigenvalue weighted by atomic mass is 10.1. The van der Waals surface area contributed by atoms with Crippen LogP contribution in [0.2, 0.25) is 0 Å². The molecule has 0 spiro atoms. The Morgan fingerprint density at radius 3 is 2.94 bits per heavy atom. The predicted octanol–water partition coefficient (Wildman–Crippen LogP) is 3.23. The van der Waals surface area contributed by atoms with Crippen molar-refractivity contribution in [3.8, 4) is 0 Å². The van der Waals surface area contributed by atoms with Gasteiger partial charge in [-0.2, -0.15) is 0 Å². The van der Waals surface area contributed by atoms with Crippen LogP contribution in [0.25, 0.3) is 0 Å². The summed E-state index contributed by atoms with van der Waals surface area (Å²) in [5.41, 5.74) is 0.914. The number of nitrogens with zero attached hydrogens (tertiary/aromatic N) is 1. The van der Waals surface area contributed by atoms with E-state index in [1.165, 1.54) is 12.1 Å². The number of benzene rings is 1. The lowest BCUT2D eigenvalue weighted by Crippen LogP contribution is -2.18. The first-order chi connectivity index (χ1) is 8.69. The molecule has 1 unspecified atom stereocenters. The van der Waals surface area contributed by atoms with Crippen molar-refractivity contribution in [1.29, 1.82) is 0 Å². The number of aromatic nitrogens is 1. The van der Waals surface area contributed by atoms with Crippen molar-refractivity contribution in [3.63, 3.8) is 0 Å². The summed E-state index contributed by atoms with van der Waals surface area (Å²) in [5.74, 6) is 1.32. The summed E-state index contributed by atoms with van der Waals surface area (Å²) in [5, 5.41) is 3.26. The Morgan fingerprint density at radius 1 is 1.44 bits per heavy atom. The van der Waals surface area contributed by atoms with E-state index in [0.717, 1.165) is 17.7 Å². The zero-order valence-electron chi connectivity index (χ0n) is 10.6. The molecule has 2 rings (SSSR count). The minimum absolute atomic E-state index is 0.0534. The molecule has 1 N–H and O–H groups in total. The number of nitrogens with one attached hydrogen (secondary N) is 1. The van der Waals surface area contributed by atoms with Crippen LogP contribution in [0, 0.1) is 5.82 Å². The summed E-state index contributed by atoms with van der Waals surface area (Å²) in [6, 6.07) is 6.64. The van der Waals surface area contributed by atoms with E-state index in [0.29, 0.717) is 12.4 Å². The molecule has 0 fully saturated rings. The molecule has 4 heteroatoms. The van der Waals surface area contributed by atoms with E-state index in [9.17, 15) is 4.39 Å². The van der Waals surface area contributed by atoms with E-state index in [1.807, 2.05) is 19.9 Å². The number of hydrogen-bond donors (Lipinski definition) is 1. The Morgan fingerprint density at radius 2 is 2.28 bits per heavy atom. The molecule has 96 valence electrons. The van der Waals surface area contributed by atoms with Crippen LogP contribution in [0.15, 0.2) is 34.9 Å². The molecule has 0 aliphatic carbocycles. The smallest absolute Gasteiger partial charge is 0.208 e. The number of hydrogen-bond acceptors (Lipinski definition) is 3. The van der Waals surface area contributed by atoms with Gasteiger partial charge in [0.25, 0.3) is 0 Å². The Hall–Kier alpha value is -1.68. The second-order valence-electron chi connectivity index (χ2n) is 4.23. The van der Waals surface area contributed by atoms with Gasteiger partial charge in [0.05, 0.1) is 12.7 Å². The number of oxazole rings is 1. The zero-order valence-corrected chi connectivity index (χ0v) is 10.6. The van der Waals surface area contributed by atoms with E-state index in [-0.39, 0.29) is 11.9 Å². The summed E-state index contributed by atoms with van der Waals surface area (Å²) in [6.45, 7) is 4.54. The molecule has 1 heterocycles. The summed E-state index contributed by atoms with van der Waals surface area (Å²) < 4.78 is 18.6. The highest BCUT2D eigenvalue weighted by molar-refractivity contribution is 5.19. The molecule has 1 aromatic heterocycles. The molecule has 18 heavy (non-hydrogen) atoms. The molecule has 0 bridgehead atoms. The first-order valence-corrected chi connectivity index (χ1v) is 6.11. The fourth-order valence-electron chi connectivity index (χ4n) is 1.73. The van der Waals surface area contributed by atoms with Gasteiger partial charge in [0.2, 0.25) is 5.89 Å². The quantitative estimate of drug-likeness (QED) is 0.882. The maximum absolute atomic E-state index is 13.1. The molecule has 0 aliphatic rings. The number of aryl methyl sites for hydroxylation is 1. The number of halogens is 1. The Bertz CT molecular complexity index is 510. The van der Waals surface area contributed by atoms with E-state index in [2.05, 4.69) is 10.3 Å². The molecule has 3 nitrogen and oxygen atoms in total. The van der Waals surface area contributed by atoms with E-state index >= 15 is 0 Å². The van der Waals surface area contributed by atoms with Gasteiger partial charge in [-0.3, -0.25) is 0 Å². The predicted molar refractivity (Wildman–Crippen MR) is 67.5 cm³/mol. The molecule has 0 saturated carbocycles. The molecular formula is C14H17FN2O. The zero-order chi connectivity index (χ0) is 13.0. The third-order valence-corrected chi connectivity index (χ3v) is 2.86. The Balaban J connectivity index is 1.93. The van der Waals surface area contributed by atoms with Gasteiger partial charge in [0.15, 0.2) is 0 Å².